The van der Waals surface area contributed by atoms with Gasteiger partial charge in [-0.3, -0.25) is 0 Å². The van der Waals surface area contributed by atoms with E-state index in [1.54, 1.807) is 13.0 Å². The Morgan fingerprint density at radius 1 is 1.33 bits per heavy atom. The molecule has 15 heavy (non-hydrogen) atoms. The Kier molecular flexibility index (Phi) is 3.90. The smallest absolute Gasteiger partial charge is 0.238 e. The van der Waals surface area contributed by atoms with Gasteiger partial charge in [-0.05, 0) is 13.0 Å². The van der Waals surface area contributed by atoms with E-state index in [0.717, 1.165) is 0 Å². The minimum atomic E-state index is -4.17. The molecule has 0 aromatic carbocycles. The predicted molar refractivity (Wildman–Crippen MR) is 50.7 cm³/mol. The van der Waals surface area contributed by atoms with Crippen LogP contribution in [0.3, 0.4) is 0 Å². The van der Waals surface area contributed by atoms with Crippen molar-refractivity contribution >= 4 is 11.6 Å². The average molecular weight is 239 g/mol. The van der Waals surface area contributed by atoms with Crippen molar-refractivity contribution in [3.63, 3.8) is 0 Å². The van der Waals surface area contributed by atoms with Crippen LogP contribution >= 0.6 is 11.6 Å². The topological polar surface area (TPSA) is 25.8 Å². The molecule has 1 aromatic heterocycles. The summed E-state index contributed by atoms with van der Waals surface area (Å²) in [6, 6.07) is 1.66. The molecule has 1 heterocycles. The fourth-order valence-electron chi connectivity index (χ4n) is 1.13. The largest absolute Gasteiger partial charge is 0.389 e. The van der Waals surface area contributed by atoms with E-state index in [2.05, 4.69) is 9.97 Å². The summed E-state index contributed by atoms with van der Waals surface area (Å²) < 4.78 is 35.8. The number of hydrogen-bond acceptors (Lipinski definition) is 2. The zero-order valence-corrected chi connectivity index (χ0v) is 8.86. The fourth-order valence-corrected chi connectivity index (χ4v) is 1.27. The Hall–Kier alpha value is -0.840. The SMILES string of the molecule is Cc1cc(CCl)nc(CCC(F)(F)F)n1. The van der Waals surface area contributed by atoms with E-state index in [9.17, 15) is 13.2 Å². The summed E-state index contributed by atoms with van der Waals surface area (Å²) in [5.41, 5.74) is 1.19. The van der Waals surface area contributed by atoms with Crippen LogP contribution in [0.4, 0.5) is 13.2 Å². The van der Waals surface area contributed by atoms with E-state index in [4.69, 9.17) is 11.6 Å². The van der Waals surface area contributed by atoms with Crippen molar-refractivity contribution in [3.8, 4) is 0 Å². The second-order valence-corrected chi connectivity index (χ2v) is 3.43. The predicted octanol–water partition coefficient (Wildman–Crippen LogP) is 3.02. The molecule has 1 rings (SSSR count). The van der Waals surface area contributed by atoms with Crippen LogP contribution in [0.1, 0.15) is 23.6 Å². The molecule has 0 bridgehead atoms. The Bertz CT molecular complexity index is 339. The van der Waals surface area contributed by atoms with Crippen molar-refractivity contribution < 1.29 is 13.2 Å². The van der Waals surface area contributed by atoms with Gasteiger partial charge in [0, 0.05) is 12.1 Å². The molecule has 2 nitrogen and oxygen atoms in total. The molecule has 0 spiro atoms. The molecule has 0 aliphatic heterocycles. The van der Waals surface area contributed by atoms with Crippen LogP contribution in [0.5, 0.6) is 0 Å². The van der Waals surface area contributed by atoms with E-state index in [1.807, 2.05) is 0 Å². The standard InChI is InChI=1S/C9H10ClF3N2/c1-6-4-7(5-10)15-8(14-6)2-3-9(11,12)13/h4H,2-3,5H2,1H3. The average Bonchev–Trinajstić information content (AvgIpc) is 2.13. The summed E-state index contributed by atoms with van der Waals surface area (Å²) in [6.07, 6.45) is -5.28. The Labute approximate surface area is 90.5 Å². The molecule has 0 saturated heterocycles. The minimum absolute atomic E-state index is 0.183. The lowest BCUT2D eigenvalue weighted by Gasteiger charge is -2.06. The molecule has 84 valence electrons. The third kappa shape index (κ3) is 4.46. The fraction of sp³-hybridized carbons (Fsp3) is 0.556. The van der Waals surface area contributed by atoms with Crippen LogP contribution in [0.15, 0.2) is 6.07 Å². The van der Waals surface area contributed by atoms with Crippen LogP contribution < -0.4 is 0 Å². The molecule has 1 aromatic rings. The van der Waals surface area contributed by atoms with Crippen molar-refractivity contribution in [1.82, 2.24) is 9.97 Å². The highest BCUT2D eigenvalue weighted by Gasteiger charge is 2.27. The lowest BCUT2D eigenvalue weighted by Crippen LogP contribution is -2.11. The van der Waals surface area contributed by atoms with E-state index < -0.39 is 12.6 Å². The third-order valence-corrected chi connectivity index (χ3v) is 2.00. The maximum absolute atomic E-state index is 11.9. The zero-order chi connectivity index (χ0) is 11.5. The highest BCUT2D eigenvalue weighted by Crippen LogP contribution is 2.21. The van der Waals surface area contributed by atoms with Crippen LogP contribution in [-0.2, 0) is 12.3 Å². The molecule has 0 atom stereocenters. The van der Waals surface area contributed by atoms with Gasteiger partial charge in [0.2, 0.25) is 0 Å². The number of hydrogen-bond donors (Lipinski definition) is 0. The van der Waals surface area contributed by atoms with Gasteiger partial charge in [0.25, 0.3) is 0 Å². The quantitative estimate of drug-likeness (QED) is 0.757. The first-order valence-electron chi connectivity index (χ1n) is 4.37. The molecular formula is C9H10ClF3N2. The number of halogens is 4. The van der Waals surface area contributed by atoms with E-state index >= 15 is 0 Å². The molecular weight excluding hydrogens is 229 g/mol. The molecule has 6 heteroatoms. The van der Waals surface area contributed by atoms with Gasteiger partial charge < -0.3 is 0 Å². The van der Waals surface area contributed by atoms with E-state index in [1.165, 1.54) is 0 Å². The molecule has 0 N–H and O–H groups in total. The van der Waals surface area contributed by atoms with E-state index in [-0.39, 0.29) is 18.1 Å². The first-order valence-corrected chi connectivity index (χ1v) is 4.90. The summed E-state index contributed by atoms with van der Waals surface area (Å²) in [5.74, 6) is 0.380. The number of aromatic nitrogens is 2. The second kappa shape index (κ2) is 4.79. The normalized spacial score (nSPS) is 11.8. The molecule has 0 amide bonds. The molecule has 0 aliphatic carbocycles. The molecule has 0 unspecified atom stereocenters. The number of aryl methyl sites for hydroxylation is 2. The minimum Gasteiger partial charge on any atom is -0.238 e. The number of alkyl halides is 4. The van der Waals surface area contributed by atoms with Gasteiger partial charge >= 0.3 is 6.18 Å². The van der Waals surface area contributed by atoms with Gasteiger partial charge in [0.05, 0.1) is 18.0 Å². The van der Waals surface area contributed by atoms with Gasteiger partial charge in [-0.25, -0.2) is 9.97 Å². The second-order valence-electron chi connectivity index (χ2n) is 3.17. The van der Waals surface area contributed by atoms with Gasteiger partial charge in [-0.1, -0.05) is 0 Å². The van der Waals surface area contributed by atoms with Crippen molar-refractivity contribution in [2.24, 2.45) is 0 Å². The maximum atomic E-state index is 11.9. The first-order chi connectivity index (χ1) is 6.90. The summed E-state index contributed by atoms with van der Waals surface area (Å²) >= 11 is 5.55. The third-order valence-electron chi connectivity index (χ3n) is 1.72. The summed E-state index contributed by atoms with van der Waals surface area (Å²) in [5, 5.41) is 0. The first kappa shape index (κ1) is 12.2. The van der Waals surface area contributed by atoms with Crippen LogP contribution in [0.2, 0.25) is 0 Å². The maximum Gasteiger partial charge on any atom is 0.389 e. The number of nitrogens with zero attached hydrogens (tertiary/aromatic N) is 2. The van der Waals surface area contributed by atoms with Gasteiger partial charge in [-0.2, -0.15) is 13.2 Å². The lowest BCUT2D eigenvalue weighted by molar-refractivity contribution is -0.134. The van der Waals surface area contributed by atoms with Crippen molar-refractivity contribution in [1.29, 1.82) is 0 Å². The number of rotatable bonds is 3. The summed E-state index contributed by atoms with van der Waals surface area (Å²) in [7, 11) is 0. The molecule has 0 fully saturated rings. The van der Waals surface area contributed by atoms with Gasteiger partial charge in [0.1, 0.15) is 5.82 Å². The zero-order valence-electron chi connectivity index (χ0n) is 8.10. The highest BCUT2D eigenvalue weighted by molar-refractivity contribution is 6.16. The van der Waals surface area contributed by atoms with Crippen molar-refractivity contribution in [2.45, 2.75) is 31.8 Å². The lowest BCUT2D eigenvalue weighted by atomic mass is 10.2. The van der Waals surface area contributed by atoms with Crippen LogP contribution in [0.25, 0.3) is 0 Å². The van der Waals surface area contributed by atoms with E-state index in [0.29, 0.717) is 11.4 Å². The van der Waals surface area contributed by atoms with Crippen molar-refractivity contribution in [3.05, 3.63) is 23.3 Å². The van der Waals surface area contributed by atoms with Crippen LogP contribution in [0, 0.1) is 6.92 Å². The monoisotopic (exact) mass is 238 g/mol. The van der Waals surface area contributed by atoms with Crippen LogP contribution in [-0.4, -0.2) is 16.1 Å². The molecule has 0 aliphatic rings. The highest BCUT2D eigenvalue weighted by atomic mass is 35.5. The van der Waals surface area contributed by atoms with Gasteiger partial charge in [0.15, 0.2) is 0 Å². The Morgan fingerprint density at radius 3 is 2.53 bits per heavy atom. The van der Waals surface area contributed by atoms with Crippen molar-refractivity contribution in [2.75, 3.05) is 0 Å². The summed E-state index contributed by atoms with van der Waals surface area (Å²) in [4.78, 5) is 7.83. The summed E-state index contributed by atoms with van der Waals surface area (Å²) in [6.45, 7) is 1.70. The Balaban J connectivity index is 2.73. The Morgan fingerprint density at radius 2 is 2.00 bits per heavy atom. The molecule has 0 radical (unpaired) electrons. The van der Waals surface area contributed by atoms with Gasteiger partial charge in [-0.15, -0.1) is 11.6 Å². The molecule has 0 saturated carbocycles.